The van der Waals surface area contributed by atoms with Gasteiger partial charge in [0.05, 0.1) is 5.69 Å². The van der Waals surface area contributed by atoms with Gasteiger partial charge in [-0.3, -0.25) is 0 Å². The smallest absolute Gasteiger partial charge is 0.190 e. The fourth-order valence-electron chi connectivity index (χ4n) is 1.69. The van der Waals surface area contributed by atoms with Crippen molar-refractivity contribution >= 4 is 11.1 Å². The normalized spacial score (nSPS) is 10.9. The second-order valence-corrected chi connectivity index (χ2v) is 3.65. The van der Waals surface area contributed by atoms with Crippen molar-refractivity contribution in [1.82, 2.24) is 15.0 Å². The van der Waals surface area contributed by atoms with E-state index < -0.39 is 5.82 Å². The fourth-order valence-corrected chi connectivity index (χ4v) is 1.69. The predicted octanol–water partition coefficient (Wildman–Crippen LogP) is 2.73. The SMILES string of the molecule is Cc1nccc(-c2cc(F)c3ocnc3c2)n1. The Balaban J connectivity index is 2.23. The van der Waals surface area contributed by atoms with E-state index in [0.29, 0.717) is 22.6 Å². The van der Waals surface area contributed by atoms with Crippen LogP contribution in [0.25, 0.3) is 22.4 Å². The van der Waals surface area contributed by atoms with Gasteiger partial charge in [-0.2, -0.15) is 0 Å². The zero-order valence-electron chi connectivity index (χ0n) is 9.01. The van der Waals surface area contributed by atoms with Gasteiger partial charge < -0.3 is 4.42 Å². The van der Waals surface area contributed by atoms with Crippen LogP contribution in [0.5, 0.6) is 0 Å². The summed E-state index contributed by atoms with van der Waals surface area (Å²) in [6.07, 6.45) is 2.87. The maximum absolute atomic E-state index is 13.7. The van der Waals surface area contributed by atoms with Crippen molar-refractivity contribution in [3.8, 4) is 11.3 Å². The molecule has 0 saturated carbocycles. The van der Waals surface area contributed by atoms with Gasteiger partial charge in [-0.15, -0.1) is 0 Å². The second-order valence-electron chi connectivity index (χ2n) is 3.65. The summed E-state index contributed by atoms with van der Waals surface area (Å²) in [4.78, 5) is 12.2. The van der Waals surface area contributed by atoms with Gasteiger partial charge >= 0.3 is 0 Å². The van der Waals surface area contributed by atoms with Crippen LogP contribution in [0.2, 0.25) is 0 Å². The number of fused-ring (bicyclic) bond motifs is 1. The largest absolute Gasteiger partial charge is 0.440 e. The van der Waals surface area contributed by atoms with Gasteiger partial charge in [-0.25, -0.2) is 19.3 Å². The third-order valence-corrected chi connectivity index (χ3v) is 2.46. The number of nitrogens with zero attached hydrogens (tertiary/aromatic N) is 3. The van der Waals surface area contributed by atoms with Crippen LogP contribution >= 0.6 is 0 Å². The van der Waals surface area contributed by atoms with Crippen LogP contribution < -0.4 is 0 Å². The van der Waals surface area contributed by atoms with Crippen LogP contribution in [-0.4, -0.2) is 15.0 Å². The van der Waals surface area contributed by atoms with E-state index in [0.717, 1.165) is 0 Å². The molecule has 2 heterocycles. The standard InChI is InChI=1S/C12H8FN3O/c1-7-14-3-2-10(16-7)8-4-9(13)12-11(5-8)15-6-17-12/h2-6H,1H3. The zero-order chi connectivity index (χ0) is 11.8. The first-order valence-corrected chi connectivity index (χ1v) is 5.07. The second kappa shape index (κ2) is 3.62. The van der Waals surface area contributed by atoms with E-state index in [4.69, 9.17) is 4.42 Å². The number of halogens is 1. The maximum Gasteiger partial charge on any atom is 0.190 e. The van der Waals surface area contributed by atoms with E-state index in [1.54, 1.807) is 25.3 Å². The summed E-state index contributed by atoms with van der Waals surface area (Å²) in [5, 5.41) is 0. The third-order valence-electron chi connectivity index (χ3n) is 2.46. The van der Waals surface area contributed by atoms with E-state index >= 15 is 0 Å². The average Bonchev–Trinajstić information content (AvgIpc) is 2.77. The number of aromatic nitrogens is 3. The summed E-state index contributed by atoms with van der Waals surface area (Å²) in [7, 11) is 0. The molecule has 0 aliphatic rings. The van der Waals surface area contributed by atoms with E-state index in [-0.39, 0.29) is 5.58 Å². The summed E-state index contributed by atoms with van der Waals surface area (Å²) in [5.74, 6) is 0.203. The van der Waals surface area contributed by atoms with Crippen molar-refractivity contribution in [3.05, 3.63) is 42.4 Å². The molecule has 0 aliphatic carbocycles. The fraction of sp³-hybridized carbons (Fsp3) is 0.0833. The highest BCUT2D eigenvalue weighted by Crippen LogP contribution is 2.24. The van der Waals surface area contributed by atoms with E-state index in [1.807, 2.05) is 0 Å². The summed E-state index contributed by atoms with van der Waals surface area (Å²) >= 11 is 0. The molecule has 0 aliphatic heterocycles. The molecular weight excluding hydrogens is 221 g/mol. The predicted molar refractivity (Wildman–Crippen MR) is 59.7 cm³/mol. The molecular formula is C12H8FN3O. The molecule has 0 spiro atoms. The first kappa shape index (κ1) is 9.89. The molecule has 0 fully saturated rings. The van der Waals surface area contributed by atoms with Crippen molar-refractivity contribution in [1.29, 1.82) is 0 Å². The molecule has 0 unspecified atom stereocenters. The van der Waals surface area contributed by atoms with Gasteiger partial charge in [0.25, 0.3) is 0 Å². The van der Waals surface area contributed by atoms with Crippen LogP contribution in [-0.2, 0) is 0 Å². The topological polar surface area (TPSA) is 51.8 Å². The summed E-state index contributed by atoms with van der Waals surface area (Å²) in [6.45, 7) is 1.79. The number of oxazole rings is 1. The number of benzene rings is 1. The molecule has 84 valence electrons. The van der Waals surface area contributed by atoms with Crippen LogP contribution in [0, 0.1) is 12.7 Å². The van der Waals surface area contributed by atoms with Gasteiger partial charge in [-0.1, -0.05) is 0 Å². The lowest BCUT2D eigenvalue weighted by Gasteiger charge is -2.01. The van der Waals surface area contributed by atoms with Crippen molar-refractivity contribution in [2.75, 3.05) is 0 Å². The molecule has 5 heteroatoms. The Hall–Kier alpha value is -2.30. The molecule has 17 heavy (non-hydrogen) atoms. The zero-order valence-corrected chi connectivity index (χ0v) is 9.01. The molecule has 3 rings (SSSR count). The van der Waals surface area contributed by atoms with E-state index in [2.05, 4.69) is 15.0 Å². The highest BCUT2D eigenvalue weighted by molar-refractivity contribution is 5.79. The number of rotatable bonds is 1. The molecule has 0 N–H and O–H groups in total. The molecule has 1 aromatic carbocycles. The lowest BCUT2D eigenvalue weighted by molar-refractivity contribution is 0.554. The first-order valence-electron chi connectivity index (χ1n) is 5.07. The Kier molecular flexibility index (Phi) is 2.11. The average molecular weight is 229 g/mol. The quantitative estimate of drug-likeness (QED) is 0.643. The Morgan fingerprint density at radius 2 is 2.12 bits per heavy atom. The van der Waals surface area contributed by atoms with E-state index in [9.17, 15) is 4.39 Å². The molecule has 4 nitrogen and oxygen atoms in total. The minimum atomic E-state index is -0.439. The van der Waals surface area contributed by atoms with Gasteiger partial charge in [0.15, 0.2) is 17.8 Å². The van der Waals surface area contributed by atoms with Crippen LogP contribution in [0.4, 0.5) is 4.39 Å². The number of hydrogen-bond acceptors (Lipinski definition) is 4. The molecule has 3 aromatic rings. The molecule has 0 bridgehead atoms. The Morgan fingerprint density at radius 1 is 1.24 bits per heavy atom. The molecule has 0 saturated heterocycles. The third kappa shape index (κ3) is 1.65. The summed E-state index contributed by atoms with van der Waals surface area (Å²) in [6, 6.07) is 4.85. The van der Waals surface area contributed by atoms with E-state index in [1.165, 1.54) is 12.5 Å². The minimum Gasteiger partial charge on any atom is -0.440 e. The van der Waals surface area contributed by atoms with Gasteiger partial charge in [0, 0.05) is 11.8 Å². The van der Waals surface area contributed by atoms with Crippen molar-refractivity contribution < 1.29 is 8.81 Å². The summed E-state index contributed by atoms with van der Waals surface area (Å²) in [5.41, 5.74) is 1.98. The Morgan fingerprint density at radius 3 is 2.94 bits per heavy atom. The summed E-state index contributed by atoms with van der Waals surface area (Å²) < 4.78 is 18.6. The van der Waals surface area contributed by atoms with Gasteiger partial charge in [0.1, 0.15) is 11.3 Å². The highest BCUT2D eigenvalue weighted by Gasteiger charge is 2.10. The monoisotopic (exact) mass is 229 g/mol. The van der Waals surface area contributed by atoms with Crippen LogP contribution in [0.1, 0.15) is 5.82 Å². The molecule has 0 atom stereocenters. The maximum atomic E-state index is 13.7. The van der Waals surface area contributed by atoms with Crippen molar-refractivity contribution in [2.45, 2.75) is 6.92 Å². The van der Waals surface area contributed by atoms with Gasteiger partial charge in [0.2, 0.25) is 0 Å². The number of hydrogen-bond donors (Lipinski definition) is 0. The van der Waals surface area contributed by atoms with Crippen LogP contribution in [0.15, 0.2) is 35.2 Å². The minimum absolute atomic E-state index is 0.166. The molecule has 2 aromatic heterocycles. The Labute approximate surface area is 96.2 Å². The lowest BCUT2D eigenvalue weighted by Crippen LogP contribution is -1.90. The van der Waals surface area contributed by atoms with Gasteiger partial charge in [-0.05, 0) is 25.1 Å². The number of aryl methyl sites for hydroxylation is 1. The van der Waals surface area contributed by atoms with Crippen molar-refractivity contribution in [2.24, 2.45) is 0 Å². The molecule has 0 radical (unpaired) electrons. The lowest BCUT2D eigenvalue weighted by atomic mass is 10.1. The van der Waals surface area contributed by atoms with Crippen LogP contribution in [0.3, 0.4) is 0 Å². The van der Waals surface area contributed by atoms with Crippen molar-refractivity contribution in [3.63, 3.8) is 0 Å². The first-order chi connectivity index (χ1) is 8.24. The highest BCUT2D eigenvalue weighted by atomic mass is 19.1. The molecule has 0 amide bonds. The Bertz CT molecular complexity index is 693.